The van der Waals surface area contributed by atoms with Crippen LogP contribution in [-0.4, -0.2) is 30.5 Å². The summed E-state index contributed by atoms with van der Waals surface area (Å²) in [4.78, 5) is 14.6. The summed E-state index contributed by atoms with van der Waals surface area (Å²) in [5.41, 5.74) is 2.88. The fourth-order valence-corrected chi connectivity index (χ4v) is 2.77. The van der Waals surface area contributed by atoms with E-state index in [0.717, 1.165) is 48.4 Å². The molecule has 3 heteroatoms. The molecule has 0 N–H and O–H groups in total. The second-order valence-corrected chi connectivity index (χ2v) is 5.22. The van der Waals surface area contributed by atoms with E-state index in [2.05, 4.69) is 0 Å². The van der Waals surface area contributed by atoms with E-state index in [-0.39, 0.29) is 5.91 Å². The van der Waals surface area contributed by atoms with Gasteiger partial charge in [0.15, 0.2) is 0 Å². The molecule has 1 aromatic carbocycles. The molecule has 0 atom stereocenters. The zero-order valence-corrected chi connectivity index (χ0v) is 12.2. The fraction of sp³-hybridized carbons (Fsp3) is 0.562. The molecule has 0 radical (unpaired) electrons. The maximum atomic E-state index is 12.6. The topological polar surface area (TPSA) is 29.5 Å². The second kappa shape index (κ2) is 6.09. The minimum absolute atomic E-state index is 0.178. The summed E-state index contributed by atoms with van der Waals surface area (Å²) in [6.07, 6.45) is 3.49. The van der Waals surface area contributed by atoms with Crippen molar-refractivity contribution in [3.05, 3.63) is 28.8 Å². The van der Waals surface area contributed by atoms with Crippen molar-refractivity contribution < 1.29 is 9.53 Å². The van der Waals surface area contributed by atoms with Gasteiger partial charge in [-0.25, -0.2) is 0 Å². The van der Waals surface area contributed by atoms with Crippen molar-refractivity contribution in [3.8, 4) is 5.75 Å². The Morgan fingerprint density at radius 3 is 2.26 bits per heavy atom. The van der Waals surface area contributed by atoms with Gasteiger partial charge >= 0.3 is 0 Å². The number of aryl methyl sites for hydroxylation is 2. The van der Waals surface area contributed by atoms with Gasteiger partial charge in [0.25, 0.3) is 5.91 Å². The number of likely N-dealkylation sites (tertiary alicyclic amines) is 1. The molecule has 3 nitrogen and oxygen atoms in total. The number of ether oxygens (including phenoxy) is 1. The average molecular weight is 261 g/mol. The first kappa shape index (κ1) is 13.9. The quantitative estimate of drug-likeness (QED) is 0.835. The van der Waals surface area contributed by atoms with Gasteiger partial charge in [-0.2, -0.15) is 0 Å². The van der Waals surface area contributed by atoms with Crippen LogP contribution in [0.3, 0.4) is 0 Å². The van der Waals surface area contributed by atoms with Crippen LogP contribution in [0.1, 0.15) is 47.7 Å². The molecule has 1 fully saturated rings. The summed E-state index contributed by atoms with van der Waals surface area (Å²) >= 11 is 0. The highest BCUT2D eigenvalue weighted by Gasteiger charge is 2.21. The van der Waals surface area contributed by atoms with Crippen molar-refractivity contribution in [1.29, 1.82) is 0 Å². The fourth-order valence-electron chi connectivity index (χ4n) is 2.77. The third-order valence-electron chi connectivity index (χ3n) is 3.67. The number of benzene rings is 1. The van der Waals surface area contributed by atoms with E-state index in [1.807, 2.05) is 37.8 Å². The Kier molecular flexibility index (Phi) is 4.46. The van der Waals surface area contributed by atoms with Crippen LogP contribution in [0, 0.1) is 13.8 Å². The molecule has 0 bridgehead atoms. The van der Waals surface area contributed by atoms with Crippen molar-refractivity contribution in [2.75, 3.05) is 19.7 Å². The zero-order chi connectivity index (χ0) is 13.8. The second-order valence-electron chi connectivity index (χ2n) is 5.22. The molecule has 1 aliphatic rings. The summed E-state index contributed by atoms with van der Waals surface area (Å²) in [5.74, 6) is 1.03. The monoisotopic (exact) mass is 261 g/mol. The zero-order valence-electron chi connectivity index (χ0n) is 12.2. The number of nitrogens with zero attached hydrogens (tertiary/aromatic N) is 1. The molecule has 0 aromatic heterocycles. The lowest BCUT2D eigenvalue weighted by Crippen LogP contribution is -2.36. The summed E-state index contributed by atoms with van der Waals surface area (Å²) in [5, 5.41) is 0. The molecule has 1 aromatic rings. The van der Waals surface area contributed by atoms with Crippen LogP contribution in [0.5, 0.6) is 5.75 Å². The van der Waals surface area contributed by atoms with Gasteiger partial charge in [0.2, 0.25) is 0 Å². The molecule has 19 heavy (non-hydrogen) atoms. The van der Waals surface area contributed by atoms with E-state index in [0.29, 0.717) is 6.61 Å². The van der Waals surface area contributed by atoms with E-state index < -0.39 is 0 Å². The van der Waals surface area contributed by atoms with Gasteiger partial charge in [-0.3, -0.25) is 4.79 Å². The Hall–Kier alpha value is -1.51. The Bertz CT molecular complexity index is 439. The molecule has 2 rings (SSSR count). The van der Waals surface area contributed by atoms with Gasteiger partial charge in [0.05, 0.1) is 6.61 Å². The van der Waals surface area contributed by atoms with Gasteiger partial charge in [-0.05, 0) is 63.3 Å². The Balaban J connectivity index is 2.25. The molecule has 0 aliphatic carbocycles. The molecule has 1 aliphatic heterocycles. The number of hydrogen-bond donors (Lipinski definition) is 0. The SMILES string of the molecule is CCOc1cc(C)c(C(=O)N2CCCCC2)c(C)c1. The van der Waals surface area contributed by atoms with Crippen LogP contribution in [-0.2, 0) is 0 Å². The van der Waals surface area contributed by atoms with Crippen molar-refractivity contribution in [1.82, 2.24) is 4.90 Å². The predicted octanol–water partition coefficient (Wildman–Crippen LogP) is 3.33. The first-order valence-corrected chi connectivity index (χ1v) is 7.16. The number of piperidine rings is 1. The van der Waals surface area contributed by atoms with E-state index in [4.69, 9.17) is 4.74 Å². The lowest BCUT2D eigenvalue weighted by atomic mass is 10.00. The maximum absolute atomic E-state index is 12.6. The lowest BCUT2D eigenvalue weighted by Gasteiger charge is -2.28. The molecular weight excluding hydrogens is 238 g/mol. The molecule has 0 spiro atoms. The van der Waals surface area contributed by atoms with Crippen molar-refractivity contribution in [2.24, 2.45) is 0 Å². The largest absolute Gasteiger partial charge is 0.494 e. The van der Waals surface area contributed by atoms with Crippen molar-refractivity contribution >= 4 is 5.91 Å². The minimum Gasteiger partial charge on any atom is -0.494 e. The van der Waals surface area contributed by atoms with Gasteiger partial charge in [-0.15, -0.1) is 0 Å². The number of carbonyl (C=O) groups is 1. The van der Waals surface area contributed by atoms with E-state index in [1.165, 1.54) is 6.42 Å². The van der Waals surface area contributed by atoms with Gasteiger partial charge in [-0.1, -0.05) is 0 Å². The minimum atomic E-state index is 0.178. The van der Waals surface area contributed by atoms with E-state index in [1.54, 1.807) is 0 Å². The van der Waals surface area contributed by atoms with Crippen molar-refractivity contribution in [2.45, 2.75) is 40.0 Å². The first-order valence-electron chi connectivity index (χ1n) is 7.16. The number of carbonyl (C=O) groups excluding carboxylic acids is 1. The normalized spacial score (nSPS) is 15.4. The standard InChI is InChI=1S/C16H23NO2/c1-4-19-14-10-12(2)15(13(3)11-14)16(18)17-8-6-5-7-9-17/h10-11H,4-9H2,1-3H3. The van der Waals surface area contributed by atoms with Gasteiger partial charge < -0.3 is 9.64 Å². The van der Waals surface area contributed by atoms with E-state index >= 15 is 0 Å². The van der Waals surface area contributed by atoms with Crippen molar-refractivity contribution in [3.63, 3.8) is 0 Å². The molecule has 0 unspecified atom stereocenters. The van der Waals surface area contributed by atoms with Gasteiger partial charge in [0.1, 0.15) is 5.75 Å². The molecule has 0 saturated carbocycles. The van der Waals surface area contributed by atoms with Crippen LogP contribution in [0.15, 0.2) is 12.1 Å². The highest BCUT2D eigenvalue weighted by atomic mass is 16.5. The highest BCUT2D eigenvalue weighted by Crippen LogP contribution is 2.24. The summed E-state index contributed by atoms with van der Waals surface area (Å²) in [7, 11) is 0. The Morgan fingerprint density at radius 2 is 1.74 bits per heavy atom. The molecule has 104 valence electrons. The highest BCUT2D eigenvalue weighted by molar-refractivity contribution is 5.97. The van der Waals surface area contributed by atoms with Crippen LogP contribution in [0.2, 0.25) is 0 Å². The summed E-state index contributed by atoms with van der Waals surface area (Å²) in [6, 6.07) is 3.93. The van der Waals surface area contributed by atoms with E-state index in [9.17, 15) is 4.79 Å². The molecule has 1 amide bonds. The lowest BCUT2D eigenvalue weighted by molar-refractivity contribution is 0.0723. The van der Waals surface area contributed by atoms with Crippen LogP contribution in [0.4, 0.5) is 0 Å². The predicted molar refractivity (Wildman–Crippen MR) is 76.8 cm³/mol. The maximum Gasteiger partial charge on any atom is 0.254 e. The van der Waals surface area contributed by atoms with Crippen LogP contribution < -0.4 is 4.74 Å². The Morgan fingerprint density at radius 1 is 1.16 bits per heavy atom. The van der Waals surface area contributed by atoms with Crippen LogP contribution in [0.25, 0.3) is 0 Å². The number of amides is 1. The molecular formula is C16H23NO2. The number of hydrogen-bond acceptors (Lipinski definition) is 2. The molecule has 1 heterocycles. The first-order chi connectivity index (χ1) is 9.13. The average Bonchev–Trinajstić information content (AvgIpc) is 2.39. The van der Waals surface area contributed by atoms with Gasteiger partial charge in [0, 0.05) is 18.7 Å². The summed E-state index contributed by atoms with van der Waals surface area (Å²) < 4.78 is 5.52. The molecule has 1 saturated heterocycles. The summed E-state index contributed by atoms with van der Waals surface area (Å²) in [6.45, 7) is 8.39. The smallest absolute Gasteiger partial charge is 0.254 e. The number of rotatable bonds is 3. The van der Waals surface area contributed by atoms with Crippen LogP contribution >= 0.6 is 0 Å². The third kappa shape index (κ3) is 3.09. The third-order valence-corrected chi connectivity index (χ3v) is 3.67. The Labute approximate surface area is 115 Å².